The highest BCUT2D eigenvalue weighted by atomic mass is 32.2. The Bertz CT molecular complexity index is 1350. The Balaban J connectivity index is 1.95. The van der Waals surface area contributed by atoms with Crippen molar-refractivity contribution < 1.29 is 32.5 Å². The topological polar surface area (TPSA) is 126 Å². The molecule has 3 rings (SSSR count). The fraction of sp³-hybridized carbons (Fsp3) is 0.531. The smallest absolute Gasteiger partial charge is 0.411 e. The van der Waals surface area contributed by atoms with Crippen LogP contribution in [0.25, 0.3) is 6.08 Å². The van der Waals surface area contributed by atoms with E-state index in [0.29, 0.717) is 37.3 Å². The SMILES string of the molecule is CNc1cccc(S(=O)(=O)N(C[C@@H](O)/C(=C\c2ccccc2)NC(=O)OC(C)(C)C)CC(C)(C)CCC2(C)OCCO2)c1. The van der Waals surface area contributed by atoms with Crippen LogP contribution in [-0.4, -0.2) is 74.8 Å². The maximum absolute atomic E-state index is 14.1. The Labute approximate surface area is 256 Å². The van der Waals surface area contributed by atoms with Crippen LogP contribution in [0.15, 0.2) is 65.2 Å². The number of alkyl carbamates (subject to hydrolysis) is 1. The first kappa shape index (κ1) is 34.5. The highest BCUT2D eigenvalue weighted by Crippen LogP contribution is 2.34. The van der Waals surface area contributed by atoms with Crippen LogP contribution >= 0.6 is 0 Å². The van der Waals surface area contributed by atoms with Crippen molar-refractivity contribution in [2.45, 2.75) is 76.8 Å². The number of benzene rings is 2. The van der Waals surface area contributed by atoms with Gasteiger partial charge in [-0.05, 0) is 69.4 Å². The number of nitrogens with one attached hydrogen (secondary N) is 2. The van der Waals surface area contributed by atoms with Gasteiger partial charge in [0.25, 0.3) is 0 Å². The second kappa shape index (κ2) is 14.2. The molecule has 0 spiro atoms. The van der Waals surface area contributed by atoms with Crippen LogP contribution in [0, 0.1) is 5.41 Å². The monoisotopic (exact) mass is 617 g/mol. The number of aliphatic hydroxyl groups excluding tert-OH is 1. The van der Waals surface area contributed by atoms with E-state index in [4.69, 9.17) is 14.2 Å². The molecule has 1 amide bonds. The first-order chi connectivity index (χ1) is 20.0. The molecule has 1 aliphatic rings. The Kier molecular flexibility index (Phi) is 11.4. The molecule has 0 bridgehead atoms. The van der Waals surface area contributed by atoms with Gasteiger partial charge in [0.05, 0.1) is 23.8 Å². The van der Waals surface area contributed by atoms with Gasteiger partial charge in [-0.15, -0.1) is 0 Å². The first-order valence-corrected chi connectivity index (χ1v) is 16.0. The van der Waals surface area contributed by atoms with Crippen molar-refractivity contribution in [1.82, 2.24) is 9.62 Å². The lowest BCUT2D eigenvalue weighted by Crippen LogP contribution is -2.46. The lowest BCUT2D eigenvalue weighted by atomic mass is 9.86. The highest BCUT2D eigenvalue weighted by molar-refractivity contribution is 7.89. The number of rotatable bonds is 13. The Morgan fingerprint density at radius 1 is 1.09 bits per heavy atom. The number of amides is 1. The van der Waals surface area contributed by atoms with Crippen LogP contribution in [0.2, 0.25) is 0 Å². The van der Waals surface area contributed by atoms with Gasteiger partial charge in [-0.25, -0.2) is 13.2 Å². The minimum Gasteiger partial charge on any atom is -0.444 e. The molecule has 238 valence electrons. The molecule has 0 unspecified atom stereocenters. The van der Waals surface area contributed by atoms with E-state index in [-0.39, 0.29) is 23.7 Å². The predicted octanol–water partition coefficient (Wildman–Crippen LogP) is 5.22. The number of hydrogen-bond acceptors (Lipinski definition) is 8. The van der Waals surface area contributed by atoms with Gasteiger partial charge in [0.2, 0.25) is 10.0 Å². The molecule has 2 aromatic rings. The summed E-state index contributed by atoms with van der Waals surface area (Å²) in [5, 5.41) is 17.2. The molecule has 2 aromatic carbocycles. The fourth-order valence-electron chi connectivity index (χ4n) is 4.69. The van der Waals surface area contributed by atoms with E-state index in [0.717, 1.165) is 0 Å². The van der Waals surface area contributed by atoms with Gasteiger partial charge < -0.3 is 24.6 Å². The van der Waals surface area contributed by atoms with Crippen LogP contribution in [0.1, 0.15) is 59.9 Å². The van der Waals surface area contributed by atoms with Crippen molar-refractivity contribution >= 4 is 27.9 Å². The second-order valence-electron chi connectivity index (χ2n) is 12.7. The average Bonchev–Trinajstić information content (AvgIpc) is 3.37. The Morgan fingerprint density at radius 3 is 2.35 bits per heavy atom. The summed E-state index contributed by atoms with van der Waals surface area (Å²) in [5.41, 5.74) is 0.180. The Hall–Kier alpha value is -2.96. The second-order valence-corrected chi connectivity index (χ2v) is 14.7. The number of aliphatic hydroxyl groups is 1. The zero-order valence-electron chi connectivity index (χ0n) is 26.3. The van der Waals surface area contributed by atoms with E-state index in [9.17, 15) is 18.3 Å². The van der Waals surface area contributed by atoms with Crippen molar-refractivity contribution in [3.05, 3.63) is 65.9 Å². The molecule has 1 fully saturated rings. The molecule has 1 saturated heterocycles. The molecule has 1 heterocycles. The van der Waals surface area contributed by atoms with Crippen molar-refractivity contribution in [3.8, 4) is 0 Å². The predicted molar refractivity (Wildman–Crippen MR) is 168 cm³/mol. The third kappa shape index (κ3) is 10.6. The van der Waals surface area contributed by atoms with Crippen molar-refractivity contribution in [1.29, 1.82) is 0 Å². The summed E-state index contributed by atoms with van der Waals surface area (Å²) in [5.74, 6) is -0.718. The molecule has 10 nitrogen and oxygen atoms in total. The molecule has 11 heteroatoms. The third-order valence-electron chi connectivity index (χ3n) is 7.02. The number of sulfonamides is 1. The van der Waals surface area contributed by atoms with E-state index >= 15 is 0 Å². The van der Waals surface area contributed by atoms with E-state index in [1.807, 2.05) is 51.1 Å². The zero-order chi connectivity index (χ0) is 31.9. The number of carbonyl (C=O) groups is 1. The van der Waals surface area contributed by atoms with E-state index < -0.39 is 39.0 Å². The summed E-state index contributed by atoms with van der Waals surface area (Å²) in [6.07, 6.45) is 0.650. The Morgan fingerprint density at radius 2 is 1.74 bits per heavy atom. The maximum atomic E-state index is 14.1. The molecule has 0 aliphatic carbocycles. The van der Waals surface area contributed by atoms with Crippen molar-refractivity contribution in [2.75, 3.05) is 38.7 Å². The van der Waals surface area contributed by atoms with Crippen LogP contribution in [0.3, 0.4) is 0 Å². The number of hydrogen-bond donors (Lipinski definition) is 3. The summed E-state index contributed by atoms with van der Waals surface area (Å²) >= 11 is 0. The van der Waals surface area contributed by atoms with Gasteiger partial charge in [0.1, 0.15) is 11.7 Å². The quantitative estimate of drug-likeness (QED) is 0.280. The van der Waals surface area contributed by atoms with Gasteiger partial charge in [-0.1, -0.05) is 50.2 Å². The molecule has 3 N–H and O–H groups in total. The lowest BCUT2D eigenvalue weighted by molar-refractivity contribution is -0.151. The zero-order valence-corrected chi connectivity index (χ0v) is 27.2. The molecule has 0 radical (unpaired) electrons. The number of anilines is 1. The van der Waals surface area contributed by atoms with Crippen LogP contribution in [-0.2, 0) is 24.2 Å². The average molecular weight is 618 g/mol. The maximum Gasteiger partial charge on any atom is 0.411 e. The van der Waals surface area contributed by atoms with Crippen molar-refractivity contribution in [3.63, 3.8) is 0 Å². The fourth-order valence-corrected chi connectivity index (χ4v) is 6.37. The lowest BCUT2D eigenvalue weighted by Gasteiger charge is -2.35. The molecular formula is C32H47N3O7S. The molecule has 43 heavy (non-hydrogen) atoms. The minimum absolute atomic E-state index is 0.0884. The largest absolute Gasteiger partial charge is 0.444 e. The molecule has 0 aromatic heterocycles. The molecule has 0 saturated carbocycles. The van der Waals surface area contributed by atoms with Gasteiger partial charge >= 0.3 is 6.09 Å². The molecule has 1 aliphatic heterocycles. The highest BCUT2D eigenvalue weighted by Gasteiger charge is 2.37. The normalized spacial score (nSPS) is 16.6. The summed E-state index contributed by atoms with van der Waals surface area (Å²) in [6.45, 7) is 11.9. The molecular weight excluding hydrogens is 570 g/mol. The van der Waals surface area contributed by atoms with Crippen molar-refractivity contribution in [2.24, 2.45) is 5.41 Å². The first-order valence-electron chi connectivity index (χ1n) is 14.5. The van der Waals surface area contributed by atoms with E-state index in [1.165, 1.54) is 10.4 Å². The van der Waals surface area contributed by atoms with Gasteiger partial charge in [0, 0.05) is 32.2 Å². The van der Waals surface area contributed by atoms with Crippen LogP contribution in [0.5, 0.6) is 0 Å². The minimum atomic E-state index is -4.08. The number of carbonyl (C=O) groups excluding carboxylic acids is 1. The summed E-state index contributed by atoms with van der Waals surface area (Å²) in [7, 11) is -2.36. The summed E-state index contributed by atoms with van der Waals surface area (Å²) in [4.78, 5) is 12.8. The summed E-state index contributed by atoms with van der Waals surface area (Å²) < 4.78 is 46.5. The summed E-state index contributed by atoms with van der Waals surface area (Å²) in [6, 6.07) is 15.7. The standard InChI is InChI=1S/C32H47N3O7S/c1-30(2,3)42-29(37)34-27(20-24-12-9-8-10-13-24)28(36)22-35(43(38,39)26-15-11-14-25(21-26)33-7)23-31(4,5)16-17-32(6)40-18-19-41-32/h8-15,20-21,28,33,36H,16-19,22-23H2,1-7H3,(H,34,37)/b27-20+/t28-/m1/s1. The van der Waals surface area contributed by atoms with E-state index in [1.54, 1.807) is 52.1 Å². The van der Waals surface area contributed by atoms with Crippen LogP contribution in [0.4, 0.5) is 10.5 Å². The van der Waals surface area contributed by atoms with Gasteiger partial charge in [-0.2, -0.15) is 4.31 Å². The third-order valence-corrected chi connectivity index (χ3v) is 8.83. The number of nitrogens with zero attached hydrogens (tertiary/aromatic N) is 1. The van der Waals surface area contributed by atoms with Gasteiger partial charge in [0.15, 0.2) is 5.79 Å². The molecule has 1 atom stereocenters. The van der Waals surface area contributed by atoms with E-state index in [2.05, 4.69) is 10.6 Å². The number of ether oxygens (including phenoxy) is 3. The van der Waals surface area contributed by atoms with Crippen LogP contribution < -0.4 is 10.6 Å². The van der Waals surface area contributed by atoms with Gasteiger partial charge in [-0.3, -0.25) is 5.32 Å².